The predicted octanol–water partition coefficient (Wildman–Crippen LogP) is 0.840. The monoisotopic (exact) mass is 217 g/mol. The molecule has 0 fully saturated rings. The third-order valence-corrected chi connectivity index (χ3v) is 0.625. The molecule has 1 rings (SSSR count). The Hall–Kier alpha value is -0.121. The predicted molar refractivity (Wildman–Crippen MR) is 29.9 cm³/mol. The molecule has 0 aromatic carbocycles. The van der Waals surface area contributed by atoms with Crippen LogP contribution in [0, 0.1) is 5.82 Å². The van der Waals surface area contributed by atoms with Crippen LogP contribution in [0.15, 0.2) is 24.5 Å². The minimum Gasteiger partial charge on any atom is -0.262 e. The zero-order valence-electron chi connectivity index (χ0n) is 4.13. The van der Waals surface area contributed by atoms with E-state index in [1.165, 1.54) is 18.5 Å². The van der Waals surface area contributed by atoms with E-state index in [2.05, 4.69) is 4.98 Å². The standard InChI is InChI=1S/C5H4FN.Sn/c6-5-2-1-3-7-4-5;/h1-4H;. The molecule has 0 bridgehead atoms. The maximum Gasteiger partial charge on any atom is 0.141 e. The van der Waals surface area contributed by atoms with Crippen LogP contribution in [0.2, 0.25) is 0 Å². The largest absolute Gasteiger partial charge is 0.262 e. The Morgan fingerprint density at radius 1 is 1.50 bits per heavy atom. The van der Waals surface area contributed by atoms with Crippen LogP contribution in [0.1, 0.15) is 0 Å². The normalized spacial score (nSPS) is 7.62. The maximum absolute atomic E-state index is 11.8. The van der Waals surface area contributed by atoms with Crippen molar-refractivity contribution in [3.63, 3.8) is 0 Å². The van der Waals surface area contributed by atoms with E-state index in [-0.39, 0.29) is 29.7 Å². The molecule has 0 aliphatic heterocycles. The van der Waals surface area contributed by atoms with Crippen LogP contribution < -0.4 is 0 Å². The molecule has 1 nitrogen and oxygen atoms in total. The number of rotatable bonds is 0. The summed E-state index contributed by atoms with van der Waals surface area (Å²) in [5, 5.41) is 0. The first-order valence-corrected chi connectivity index (χ1v) is 1.95. The average Bonchev–Trinajstić information content (AvgIpc) is 1.69. The van der Waals surface area contributed by atoms with E-state index in [1.54, 1.807) is 6.07 Å². The first kappa shape index (κ1) is 7.88. The molecule has 1 aromatic rings. The summed E-state index contributed by atoms with van der Waals surface area (Å²) in [6.07, 6.45) is 2.70. The summed E-state index contributed by atoms with van der Waals surface area (Å²) in [6.45, 7) is 0. The maximum atomic E-state index is 11.8. The van der Waals surface area contributed by atoms with Gasteiger partial charge in [0.2, 0.25) is 0 Å². The zero-order chi connectivity index (χ0) is 5.11. The second-order valence-electron chi connectivity index (χ2n) is 1.17. The number of nitrogens with zero attached hydrogens (tertiary/aromatic N) is 1. The molecule has 0 saturated carbocycles. The number of hydrogen-bond donors (Lipinski definition) is 0. The second kappa shape index (κ2) is 3.83. The van der Waals surface area contributed by atoms with Gasteiger partial charge in [-0.25, -0.2) is 4.39 Å². The molecule has 3 heteroatoms. The SMILES string of the molecule is Fc1cccnc1.[Sn]. The van der Waals surface area contributed by atoms with Crippen LogP contribution in [0.25, 0.3) is 0 Å². The molecule has 0 unspecified atom stereocenters. The molecule has 0 aliphatic rings. The minimum atomic E-state index is -0.289. The minimum absolute atomic E-state index is 0. The van der Waals surface area contributed by atoms with Crippen molar-refractivity contribution >= 4 is 23.9 Å². The summed E-state index contributed by atoms with van der Waals surface area (Å²) in [5.74, 6) is -0.289. The summed E-state index contributed by atoms with van der Waals surface area (Å²) in [4.78, 5) is 3.51. The van der Waals surface area contributed by atoms with Crippen molar-refractivity contribution in [1.29, 1.82) is 0 Å². The van der Waals surface area contributed by atoms with E-state index < -0.39 is 0 Å². The molecule has 0 N–H and O–H groups in total. The van der Waals surface area contributed by atoms with Gasteiger partial charge in [0.25, 0.3) is 0 Å². The Morgan fingerprint density at radius 3 is 2.50 bits per heavy atom. The average molecular weight is 216 g/mol. The molecule has 0 saturated heterocycles. The molecule has 0 amide bonds. The molecule has 0 spiro atoms. The molecule has 0 aliphatic carbocycles. The van der Waals surface area contributed by atoms with Crippen molar-refractivity contribution in [2.45, 2.75) is 0 Å². The van der Waals surface area contributed by atoms with Gasteiger partial charge in [-0.05, 0) is 12.1 Å². The van der Waals surface area contributed by atoms with Crippen molar-refractivity contribution in [2.75, 3.05) is 0 Å². The van der Waals surface area contributed by atoms with Gasteiger partial charge >= 0.3 is 0 Å². The molecular formula is C5H4FNSn. The van der Waals surface area contributed by atoms with Gasteiger partial charge in [-0.3, -0.25) is 4.98 Å². The fraction of sp³-hybridized carbons (Fsp3) is 0. The van der Waals surface area contributed by atoms with Crippen molar-refractivity contribution in [2.24, 2.45) is 0 Å². The number of aromatic nitrogens is 1. The van der Waals surface area contributed by atoms with Crippen molar-refractivity contribution in [3.8, 4) is 0 Å². The van der Waals surface area contributed by atoms with Gasteiger partial charge in [0.15, 0.2) is 0 Å². The summed E-state index contributed by atoms with van der Waals surface area (Å²) in [6, 6.07) is 2.91. The van der Waals surface area contributed by atoms with Crippen LogP contribution in [-0.2, 0) is 0 Å². The van der Waals surface area contributed by atoms with Gasteiger partial charge in [-0.2, -0.15) is 0 Å². The van der Waals surface area contributed by atoms with E-state index in [0.717, 1.165) is 0 Å². The van der Waals surface area contributed by atoms with Gasteiger partial charge < -0.3 is 0 Å². The molecule has 8 heavy (non-hydrogen) atoms. The van der Waals surface area contributed by atoms with Crippen LogP contribution in [0.5, 0.6) is 0 Å². The Labute approximate surface area is 63.9 Å². The first-order valence-electron chi connectivity index (χ1n) is 1.95. The molecule has 1 aromatic heterocycles. The third-order valence-electron chi connectivity index (χ3n) is 0.625. The Balaban J connectivity index is 0.000000490. The third kappa shape index (κ3) is 2.25. The van der Waals surface area contributed by atoms with Crippen LogP contribution in [0.4, 0.5) is 4.39 Å². The van der Waals surface area contributed by atoms with Crippen molar-refractivity contribution in [3.05, 3.63) is 30.3 Å². The molecule has 4 radical (unpaired) electrons. The van der Waals surface area contributed by atoms with Gasteiger partial charge in [-0.1, -0.05) is 0 Å². The molecular weight excluding hydrogens is 212 g/mol. The van der Waals surface area contributed by atoms with E-state index in [1.807, 2.05) is 0 Å². The summed E-state index contributed by atoms with van der Waals surface area (Å²) in [5.41, 5.74) is 0. The Kier molecular flexibility index (Phi) is 3.77. The number of halogens is 1. The number of hydrogen-bond acceptors (Lipinski definition) is 1. The van der Waals surface area contributed by atoms with Gasteiger partial charge in [0.1, 0.15) is 5.82 Å². The molecule has 0 atom stereocenters. The van der Waals surface area contributed by atoms with Gasteiger partial charge in [-0.15, -0.1) is 0 Å². The Morgan fingerprint density at radius 2 is 2.25 bits per heavy atom. The Bertz CT molecular complexity index is 142. The topological polar surface area (TPSA) is 12.9 Å². The van der Waals surface area contributed by atoms with E-state index in [0.29, 0.717) is 0 Å². The van der Waals surface area contributed by atoms with E-state index in [9.17, 15) is 4.39 Å². The summed E-state index contributed by atoms with van der Waals surface area (Å²) < 4.78 is 11.8. The molecule has 40 valence electrons. The van der Waals surface area contributed by atoms with Gasteiger partial charge in [0.05, 0.1) is 6.20 Å². The van der Waals surface area contributed by atoms with Gasteiger partial charge in [0, 0.05) is 30.1 Å². The van der Waals surface area contributed by atoms with Crippen molar-refractivity contribution in [1.82, 2.24) is 4.98 Å². The van der Waals surface area contributed by atoms with Crippen LogP contribution >= 0.6 is 0 Å². The zero-order valence-corrected chi connectivity index (χ0v) is 6.99. The van der Waals surface area contributed by atoms with E-state index in [4.69, 9.17) is 0 Å². The van der Waals surface area contributed by atoms with Crippen molar-refractivity contribution < 1.29 is 4.39 Å². The quantitative estimate of drug-likeness (QED) is 0.585. The van der Waals surface area contributed by atoms with Crippen LogP contribution in [-0.4, -0.2) is 28.9 Å². The smallest absolute Gasteiger partial charge is 0.141 e. The fourth-order valence-corrected chi connectivity index (χ4v) is 0.342. The van der Waals surface area contributed by atoms with E-state index >= 15 is 0 Å². The second-order valence-corrected chi connectivity index (χ2v) is 1.17. The fourth-order valence-electron chi connectivity index (χ4n) is 0.342. The first-order chi connectivity index (χ1) is 3.39. The van der Waals surface area contributed by atoms with Crippen LogP contribution in [0.3, 0.4) is 0 Å². The summed E-state index contributed by atoms with van der Waals surface area (Å²) in [7, 11) is 0. The summed E-state index contributed by atoms with van der Waals surface area (Å²) >= 11 is 0. The number of pyridine rings is 1. The molecule has 1 heterocycles.